The maximum absolute atomic E-state index is 13.3. The summed E-state index contributed by atoms with van der Waals surface area (Å²) in [7, 11) is 0. The fourth-order valence-electron chi connectivity index (χ4n) is 1.70. The van der Waals surface area contributed by atoms with Crippen molar-refractivity contribution in [2.24, 2.45) is 0 Å². The third-order valence-electron chi connectivity index (χ3n) is 2.49. The van der Waals surface area contributed by atoms with Gasteiger partial charge in [0, 0.05) is 22.7 Å². The number of nitrogens with zero attached hydrogens (tertiary/aromatic N) is 1. The van der Waals surface area contributed by atoms with Gasteiger partial charge in [0.2, 0.25) is 0 Å². The van der Waals surface area contributed by atoms with Crippen molar-refractivity contribution in [1.29, 1.82) is 0 Å². The van der Waals surface area contributed by atoms with Crippen LogP contribution in [0.15, 0.2) is 24.4 Å². The van der Waals surface area contributed by atoms with E-state index in [0.717, 1.165) is 12.1 Å². The van der Waals surface area contributed by atoms with Crippen molar-refractivity contribution in [1.82, 2.24) is 10.3 Å². The number of fused-ring (bicyclic) bond motifs is 1. The summed E-state index contributed by atoms with van der Waals surface area (Å²) >= 11 is 0. The second kappa shape index (κ2) is 4.89. The molecule has 0 saturated heterocycles. The van der Waals surface area contributed by atoms with Crippen LogP contribution in [0.25, 0.3) is 10.8 Å². The Morgan fingerprint density at radius 2 is 2.11 bits per heavy atom. The highest BCUT2D eigenvalue weighted by Crippen LogP contribution is 2.24. The number of carbonyl (C=O) groups excluding carboxylic acids is 1. The SMILES string of the molecule is Nc1cc(F)cc2c(C(=O)NCC(=O)O)nccc12. The molecular formula is C12H10FN3O3. The van der Waals surface area contributed by atoms with Gasteiger partial charge in [-0.2, -0.15) is 0 Å². The molecule has 0 unspecified atom stereocenters. The summed E-state index contributed by atoms with van der Waals surface area (Å²) in [5.74, 6) is -2.47. The average Bonchev–Trinajstić information content (AvgIpc) is 2.35. The van der Waals surface area contributed by atoms with Crippen molar-refractivity contribution in [2.45, 2.75) is 0 Å². The van der Waals surface area contributed by atoms with Gasteiger partial charge in [0.1, 0.15) is 18.1 Å². The van der Waals surface area contributed by atoms with Crippen LogP contribution in [0, 0.1) is 5.82 Å². The number of nitrogens with one attached hydrogen (secondary N) is 1. The molecular weight excluding hydrogens is 253 g/mol. The fourth-order valence-corrected chi connectivity index (χ4v) is 1.70. The first-order chi connectivity index (χ1) is 8.99. The Labute approximate surface area is 107 Å². The average molecular weight is 263 g/mol. The van der Waals surface area contributed by atoms with Crippen molar-refractivity contribution in [3.63, 3.8) is 0 Å². The van der Waals surface area contributed by atoms with E-state index in [9.17, 15) is 14.0 Å². The standard InChI is InChI=1S/C12H10FN3O3/c13-6-3-8-7(9(14)4-6)1-2-15-11(8)12(19)16-5-10(17)18/h1-4H,5,14H2,(H,16,19)(H,17,18). The molecule has 0 saturated carbocycles. The summed E-state index contributed by atoms with van der Waals surface area (Å²) in [6, 6.07) is 3.83. The molecule has 2 rings (SSSR count). The predicted molar refractivity (Wildman–Crippen MR) is 66.1 cm³/mol. The molecule has 6 nitrogen and oxygen atoms in total. The normalized spacial score (nSPS) is 10.4. The molecule has 0 bridgehead atoms. The first-order valence-corrected chi connectivity index (χ1v) is 5.33. The van der Waals surface area contributed by atoms with Crippen LogP contribution in [-0.4, -0.2) is 28.5 Å². The summed E-state index contributed by atoms with van der Waals surface area (Å²) < 4.78 is 13.3. The first kappa shape index (κ1) is 12.7. The lowest BCUT2D eigenvalue weighted by Gasteiger charge is -2.07. The topological polar surface area (TPSA) is 105 Å². The molecule has 2 aromatic rings. The van der Waals surface area contributed by atoms with Gasteiger partial charge in [-0.25, -0.2) is 4.39 Å². The number of pyridine rings is 1. The van der Waals surface area contributed by atoms with E-state index < -0.39 is 24.2 Å². The molecule has 0 aliphatic heterocycles. The van der Waals surface area contributed by atoms with E-state index in [4.69, 9.17) is 10.8 Å². The van der Waals surface area contributed by atoms with Crippen molar-refractivity contribution in [2.75, 3.05) is 12.3 Å². The van der Waals surface area contributed by atoms with E-state index in [-0.39, 0.29) is 16.8 Å². The number of carboxylic acids is 1. The minimum atomic E-state index is -1.18. The largest absolute Gasteiger partial charge is 0.480 e. The Balaban J connectivity index is 2.49. The maximum Gasteiger partial charge on any atom is 0.322 e. The minimum absolute atomic E-state index is 0.0649. The quantitative estimate of drug-likeness (QED) is 0.709. The maximum atomic E-state index is 13.3. The van der Waals surface area contributed by atoms with Crippen LogP contribution in [0.2, 0.25) is 0 Å². The van der Waals surface area contributed by atoms with Crippen LogP contribution in [0.5, 0.6) is 0 Å². The smallest absolute Gasteiger partial charge is 0.322 e. The van der Waals surface area contributed by atoms with E-state index >= 15 is 0 Å². The first-order valence-electron chi connectivity index (χ1n) is 5.33. The fraction of sp³-hybridized carbons (Fsp3) is 0.0833. The molecule has 1 aromatic carbocycles. The Bertz CT molecular complexity index is 673. The highest BCUT2D eigenvalue weighted by atomic mass is 19.1. The van der Waals surface area contributed by atoms with Gasteiger partial charge >= 0.3 is 5.97 Å². The van der Waals surface area contributed by atoms with Gasteiger partial charge in [-0.3, -0.25) is 14.6 Å². The second-order valence-corrected chi connectivity index (χ2v) is 3.83. The minimum Gasteiger partial charge on any atom is -0.480 e. The van der Waals surface area contributed by atoms with Crippen LogP contribution >= 0.6 is 0 Å². The van der Waals surface area contributed by atoms with Gasteiger partial charge in [0.05, 0.1) is 0 Å². The van der Waals surface area contributed by atoms with Crippen molar-refractivity contribution in [3.8, 4) is 0 Å². The number of benzene rings is 1. The second-order valence-electron chi connectivity index (χ2n) is 3.83. The molecule has 1 heterocycles. The Morgan fingerprint density at radius 3 is 2.79 bits per heavy atom. The number of amides is 1. The van der Waals surface area contributed by atoms with Crippen molar-refractivity contribution >= 4 is 28.3 Å². The Kier molecular flexibility index (Phi) is 3.28. The van der Waals surface area contributed by atoms with Gasteiger partial charge < -0.3 is 16.2 Å². The van der Waals surface area contributed by atoms with E-state index in [2.05, 4.69) is 10.3 Å². The molecule has 0 aliphatic carbocycles. The molecule has 0 aliphatic rings. The van der Waals surface area contributed by atoms with Gasteiger partial charge in [0.15, 0.2) is 0 Å². The number of hydrogen-bond acceptors (Lipinski definition) is 4. The predicted octanol–water partition coefficient (Wildman–Crippen LogP) is 0.770. The van der Waals surface area contributed by atoms with Crippen LogP contribution < -0.4 is 11.1 Å². The highest BCUT2D eigenvalue weighted by molar-refractivity contribution is 6.08. The van der Waals surface area contributed by atoms with E-state index in [1.807, 2.05) is 0 Å². The molecule has 7 heteroatoms. The van der Waals surface area contributed by atoms with E-state index in [0.29, 0.717) is 5.39 Å². The van der Waals surface area contributed by atoms with Gasteiger partial charge in [-0.05, 0) is 18.2 Å². The lowest BCUT2D eigenvalue weighted by molar-refractivity contribution is -0.135. The van der Waals surface area contributed by atoms with E-state index in [1.54, 1.807) is 6.07 Å². The third-order valence-corrected chi connectivity index (χ3v) is 2.49. The third kappa shape index (κ3) is 2.59. The highest BCUT2D eigenvalue weighted by Gasteiger charge is 2.14. The van der Waals surface area contributed by atoms with Gasteiger partial charge in [0.25, 0.3) is 5.91 Å². The molecule has 98 valence electrons. The molecule has 0 radical (unpaired) electrons. The molecule has 19 heavy (non-hydrogen) atoms. The number of nitrogens with two attached hydrogens (primary N) is 1. The van der Waals surface area contributed by atoms with Crippen LogP contribution in [0.4, 0.5) is 10.1 Å². The summed E-state index contributed by atoms with van der Waals surface area (Å²) in [6.45, 7) is -0.540. The lowest BCUT2D eigenvalue weighted by atomic mass is 10.1. The number of aromatic nitrogens is 1. The number of carbonyl (C=O) groups is 2. The summed E-state index contributed by atoms with van der Waals surface area (Å²) in [6.07, 6.45) is 1.35. The van der Waals surface area contributed by atoms with Crippen molar-refractivity contribution in [3.05, 3.63) is 35.9 Å². The summed E-state index contributed by atoms with van der Waals surface area (Å²) in [5, 5.41) is 11.4. The van der Waals surface area contributed by atoms with Gasteiger partial charge in [-0.1, -0.05) is 0 Å². The van der Waals surface area contributed by atoms with Crippen LogP contribution in [0.3, 0.4) is 0 Å². The zero-order valence-corrected chi connectivity index (χ0v) is 9.68. The van der Waals surface area contributed by atoms with E-state index in [1.165, 1.54) is 6.20 Å². The molecule has 0 spiro atoms. The molecule has 4 N–H and O–H groups in total. The zero-order chi connectivity index (χ0) is 14.0. The number of anilines is 1. The lowest BCUT2D eigenvalue weighted by Crippen LogP contribution is -2.30. The number of halogens is 1. The Morgan fingerprint density at radius 1 is 1.37 bits per heavy atom. The molecule has 1 aromatic heterocycles. The number of aliphatic carboxylic acids is 1. The monoisotopic (exact) mass is 263 g/mol. The zero-order valence-electron chi connectivity index (χ0n) is 9.68. The van der Waals surface area contributed by atoms with Crippen LogP contribution in [-0.2, 0) is 4.79 Å². The number of nitrogen functional groups attached to an aromatic ring is 1. The number of rotatable bonds is 3. The molecule has 1 amide bonds. The summed E-state index contributed by atoms with van der Waals surface area (Å²) in [5.41, 5.74) is 5.77. The Hall–Kier alpha value is -2.70. The number of carboxylic acid groups (broad SMARTS) is 1. The molecule has 0 atom stereocenters. The molecule has 0 fully saturated rings. The van der Waals surface area contributed by atoms with Crippen molar-refractivity contribution < 1.29 is 19.1 Å². The van der Waals surface area contributed by atoms with Crippen LogP contribution in [0.1, 0.15) is 10.5 Å². The number of hydrogen-bond donors (Lipinski definition) is 3. The van der Waals surface area contributed by atoms with Gasteiger partial charge in [-0.15, -0.1) is 0 Å². The summed E-state index contributed by atoms with van der Waals surface area (Å²) in [4.78, 5) is 26.0.